The van der Waals surface area contributed by atoms with Gasteiger partial charge >= 0.3 is 0 Å². The van der Waals surface area contributed by atoms with E-state index in [2.05, 4.69) is 34.6 Å². The monoisotopic (exact) mass is 300 g/mol. The quantitative estimate of drug-likeness (QED) is 0.316. The van der Waals surface area contributed by atoms with E-state index >= 15 is 0 Å². The van der Waals surface area contributed by atoms with Gasteiger partial charge in [-0.15, -0.1) is 0 Å². The third-order valence-corrected chi connectivity index (χ3v) is 9.07. The van der Waals surface area contributed by atoms with E-state index in [0.29, 0.717) is 6.10 Å². The SMILES string of the molecule is CCCCC(C)O[Si](CCCC)(CCCC)CCCC. The second-order valence-corrected chi connectivity index (χ2v) is 10.7. The van der Waals surface area contributed by atoms with Gasteiger partial charge in [0.15, 0.2) is 8.32 Å². The first kappa shape index (κ1) is 20.2. The minimum Gasteiger partial charge on any atom is -0.414 e. The van der Waals surface area contributed by atoms with Crippen molar-refractivity contribution in [3.63, 3.8) is 0 Å². The van der Waals surface area contributed by atoms with Gasteiger partial charge in [-0.25, -0.2) is 0 Å². The van der Waals surface area contributed by atoms with Gasteiger partial charge < -0.3 is 4.43 Å². The normalized spacial score (nSPS) is 13.7. The van der Waals surface area contributed by atoms with Crippen LogP contribution in [-0.2, 0) is 4.43 Å². The average Bonchev–Trinajstić information content (AvgIpc) is 2.46. The topological polar surface area (TPSA) is 9.23 Å². The maximum absolute atomic E-state index is 6.79. The Morgan fingerprint density at radius 3 is 1.45 bits per heavy atom. The highest BCUT2D eigenvalue weighted by Crippen LogP contribution is 2.31. The van der Waals surface area contributed by atoms with E-state index in [1.54, 1.807) is 0 Å². The van der Waals surface area contributed by atoms with Crippen LogP contribution in [0.5, 0.6) is 0 Å². The standard InChI is InChI=1S/C18H40OSi/c1-6-10-14-18(5)19-20(15-11-7-2,16-12-8-3)17-13-9-4/h18H,6-17H2,1-5H3. The van der Waals surface area contributed by atoms with Crippen molar-refractivity contribution in [2.24, 2.45) is 0 Å². The molecule has 0 aromatic heterocycles. The summed E-state index contributed by atoms with van der Waals surface area (Å²) >= 11 is 0. The number of hydrogen-bond donors (Lipinski definition) is 0. The van der Waals surface area contributed by atoms with Gasteiger partial charge in [-0.3, -0.25) is 0 Å². The first-order valence-corrected chi connectivity index (χ1v) is 11.8. The van der Waals surface area contributed by atoms with E-state index < -0.39 is 8.32 Å². The molecule has 0 spiro atoms. The predicted octanol–water partition coefficient (Wildman–Crippen LogP) is 6.93. The van der Waals surface area contributed by atoms with Gasteiger partial charge in [0, 0.05) is 6.10 Å². The minimum atomic E-state index is -1.47. The molecule has 0 fully saturated rings. The van der Waals surface area contributed by atoms with Crippen LogP contribution < -0.4 is 0 Å². The molecule has 0 N–H and O–H groups in total. The van der Waals surface area contributed by atoms with Crippen molar-refractivity contribution in [1.82, 2.24) is 0 Å². The highest BCUT2D eigenvalue weighted by Gasteiger charge is 2.34. The zero-order chi connectivity index (χ0) is 15.3. The number of hydrogen-bond acceptors (Lipinski definition) is 1. The first-order valence-electron chi connectivity index (χ1n) is 9.31. The Hall–Kier alpha value is 0.177. The van der Waals surface area contributed by atoms with Crippen LogP contribution in [0.3, 0.4) is 0 Å². The van der Waals surface area contributed by atoms with E-state index in [4.69, 9.17) is 4.43 Å². The zero-order valence-electron chi connectivity index (χ0n) is 15.0. The molecular weight excluding hydrogens is 260 g/mol. The van der Waals surface area contributed by atoms with Crippen molar-refractivity contribution >= 4 is 8.32 Å². The van der Waals surface area contributed by atoms with Crippen molar-refractivity contribution in [3.05, 3.63) is 0 Å². The molecule has 0 aliphatic rings. The molecule has 0 bridgehead atoms. The van der Waals surface area contributed by atoms with Crippen LogP contribution in [0.15, 0.2) is 0 Å². The second kappa shape index (κ2) is 12.9. The fraction of sp³-hybridized carbons (Fsp3) is 1.00. The van der Waals surface area contributed by atoms with Crippen LogP contribution in [0.2, 0.25) is 18.1 Å². The summed E-state index contributed by atoms with van der Waals surface area (Å²) in [6, 6.07) is 4.21. The van der Waals surface area contributed by atoms with E-state index in [9.17, 15) is 0 Å². The van der Waals surface area contributed by atoms with Crippen LogP contribution in [0.4, 0.5) is 0 Å². The summed E-state index contributed by atoms with van der Waals surface area (Å²) in [6.07, 6.45) is 12.4. The van der Waals surface area contributed by atoms with Gasteiger partial charge in [-0.1, -0.05) is 79.1 Å². The Balaban J connectivity index is 4.64. The average molecular weight is 301 g/mol. The third kappa shape index (κ3) is 9.18. The smallest absolute Gasteiger partial charge is 0.193 e. The Labute approximate surface area is 130 Å². The van der Waals surface area contributed by atoms with E-state index in [1.807, 2.05) is 0 Å². The van der Waals surface area contributed by atoms with Gasteiger partial charge in [0.05, 0.1) is 0 Å². The van der Waals surface area contributed by atoms with Gasteiger partial charge in [0.1, 0.15) is 0 Å². The lowest BCUT2D eigenvalue weighted by atomic mass is 10.2. The lowest BCUT2D eigenvalue weighted by Crippen LogP contribution is -2.41. The molecule has 1 unspecified atom stereocenters. The molecule has 20 heavy (non-hydrogen) atoms. The molecule has 0 heterocycles. The molecular formula is C18H40OSi. The summed E-state index contributed by atoms with van der Waals surface area (Å²) in [5, 5.41) is 0. The maximum Gasteiger partial charge on any atom is 0.193 e. The van der Waals surface area contributed by atoms with Crippen LogP contribution in [0, 0.1) is 0 Å². The van der Waals surface area contributed by atoms with Gasteiger partial charge in [0.2, 0.25) is 0 Å². The number of rotatable bonds is 14. The van der Waals surface area contributed by atoms with Gasteiger partial charge in [-0.05, 0) is 31.5 Å². The molecule has 0 radical (unpaired) electrons. The largest absolute Gasteiger partial charge is 0.414 e. The fourth-order valence-corrected chi connectivity index (χ4v) is 8.09. The molecule has 0 aromatic rings. The lowest BCUT2D eigenvalue weighted by molar-refractivity contribution is 0.189. The Bertz CT molecular complexity index is 184. The highest BCUT2D eigenvalue weighted by atomic mass is 28.4. The van der Waals surface area contributed by atoms with E-state index in [1.165, 1.54) is 75.9 Å². The number of unbranched alkanes of at least 4 members (excludes halogenated alkanes) is 4. The molecule has 1 atom stereocenters. The van der Waals surface area contributed by atoms with Crippen LogP contribution in [-0.4, -0.2) is 14.4 Å². The molecule has 0 rings (SSSR count). The Morgan fingerprint density at radius 1 is 0.700 bits per heavy atom. The van der Waals surface area contributed by atoms with E-state index in [-0.39, 0.29) is 0 Å². The van der Waals surface area contributed by atoms with Crippen molar-refractivity contribution in [2.45, 2.75) is 117 Å². The third-order valence-electron chi connectivity index (χ3n) is 4.37. The first-order chi connectivity index (χ1) is 9.64. The van der Waals surface area contributed by atoms with Gasteiger partial charge in [0.25, 0.3) is 0 Å². The van der Waals surface area contributed by atoms with Gasteiger partial charge in [-0.2, -0.15) is 0 Å². The molecule has 0 aliphatic carbocycles. The van der Waals surface area contributed by atoms with Crippen molar-refractivity contribution < 1.29 is 4.43 Å². The zero-order valence-corrected chi connectivity index (χ0v) is 16.0. The molecule has 1 nitrogen and oxygen atoms in total. The van der Waals surface area contributed by atoms with Crippen molar-refractivity contribution in [2.75, 3.05) is 0 Å². The van der Waals surface area contributed by atoms with Crippen LogP contribution >= 0.6 is 0 Å². The molecule has 0 saturated heterocycles. The molecule has 122 valence electrons. The molecule has 0 amide bonds. The lowest BCUT2D eigenvalue weighted by Gasteiger charge is -2.35. The summed E-state index contributed by atoms with van der Waals surface area (Å²) < 4.78 is 6.79. The molecule has 0 aromatic carbocycles. The van der Waals surface area contributed by atoms with Crippen LogP contribution in [0.1, 0.15) is 92.4 Å². The van der Waals surface area contributed by atoms with E-state index in [0.717, 1.165) is 0 Å². The fourth-order valence-electron chi connectivity index (χ4n) is 3.03. The van der Waals surface area contributed by atoms with Crippen molar-refractivity contribution in [3.8, 4) is 0 Å². The minimum absolute atomic E-state index is 0.493. The van der Waals surface area contributed by atoms with Crippen molar-refractivity contribution in [1.29, 1.82) is 0 Å². The molecule has 2 heteroatoms. The summed E-state index contributed by atoms with van der Waals surface area (Å²) in [5.41, 5.74) is 0. The summed E-state index contributed by atoms with van der Waals surface area (Å²) in [6.45, 7) is 11.6. The second-order valence-electron chi connectivity index (χ2n) is 6.56. The highest BCUT2D eigenvalue weighted by molar-refractivity contribution is 6.73. The van der Waals surface area contributed by atoms with Crippen LogP contribution in [0.25, 0.3) is 0 Å². The molecule has 0 aliphatic heterocycles. The summed E-state index contributed by atoms with van der Waals surface area (Å²) in [5.74, 6) is 0. The summed E-state index contributed by atoms with van der Waals surface area (Å²) in [7, 11) is -1.47. The summed E-state index contributed by atoms with van der Waals surface area (Å²) in [4.78, 5) is 0. The maximum atomic E-state index is 6.79. The molecule has 0 saturated carbocycles. The predicted molar refractivity (Wildman–Crippen MR) is 95.0 cm³/mol. The Morgan fingerprint density at radius 2 is 1.10 bits per heavy atom. The Kier molecular flexibility index (Phi) is 13.0.